The molecule has 0 aliphatic rings. The summed E-state index contributed by atoms with van der Waals surface area (Å²) in [7, 11) is 1.60. The van der Waals surface area contributed by atoms with Gasteiger partial charge in [-0.3, -0.25) is 9.59 Å². The normalized spacial score (nSPS) is 12.0. The van der Waals surface area contributed by atoms with Crippen molar-refractivity contribution in [2.75, 3.05) is 7.11 Å². The Morgan fingerprint density at radius 2 is 1.74 bits per heavy atom. The molecular formula is C15H20O4. The molecule has 0 saturated carbocycles. The first kappa shape index (κ1) is 15.2. The number of carboxylic acid groups (broad SMARTS) is 1. The van der Waals surface area contributed by atoms with E-state index in [1.54, 1.807) is 26.2 Å². The number of ether oxygens (including phenoxy) is 1. The maximum absolute atomic E-state index is 12.1. The average Bonchev–Trinajstić information content (AvgIpc) is 2.26. The van der Waals surface area contributed by atoms with Crippen LogP contribution >= 0.6 is 0 Å². The van der Waals surface area contributed by atoms with Gasteiger partial charge in [-0.1, -0.05) is 6.92 Å². The number of aryl methyl sites for hydroxylation is 2. The van der Waals surface area contributed by atoms with E-state index in [9.17, 15) is 9.59 Å². The first-order valence-corrected chi connectivity index (χ1v) is 6.25. The summed E-state index contributed by atoms with van der Waals surface area (Å²) in [6.45, 7) is 5.56. The van der Waals surface area contributed by atoms with Crippen LogP contribution in [0.5, 0.6) is 5.75 Å². The lowest BCUT2D eigenvalue weighted by atomic mass is 9.95. The van der Waals surface area contributed by atoms with Crippen molar-refractivity contribution >= 4 is 11.8 Å². The Balaban J connectivity index is 2.86. The fraction of sp³-hybridized carbons (Fsp3) is 0.467. The summed E-state index contributed by atoms with van der Waals surface area (Å²) < 4.78 is 5.26. The maximum Gasteiger partial charge on any atom is 0.303 e. The molecule has 0 fully saturated rings. The minimum Gasteiger partial charge on any atom is -0.496 e. The topological polar surface area (TPSA) is 63.6 Å². The minimum atomic E-state index is -0.873. The molecule has 19 heavy (non-hydrogen) atoms. The van der Waals surface area contributed by atoms with Gasteiger partial charge in [-0.15, -0.1) is 0 Å². The molecule has 1 aromatic rings. The predicted molar refractivity (Wildman–Crippen MR) is 72.8 cm³/mol. The van der Waals surface area contributed by atoms with Gasteiger partial charge in [0.2, 0.25) is 0 Å². The molecule has 0 radical (unpaired) electrons. The summed E-state index contributed by atoms with van der Waals surface area (Å²) in [5.74, 6) is -0.271. The lowest BCUT2D eigenvalue weighted by Crippen LogP contribution is -2.11. The van der Waals surface area contributed by atoms with Gasteiger partial charge in [-0.05, 0) is 43.0 Å². The molecule has 104 valence electrons. The molecule has 0 amide bonds. The first-order chi connectivity index (χ1) is 8.85. The third kappa shape index (κ3) is 4.09. The fourth-order valence-electron chi connectivity index (χ4n) is 2.24. The van der Waals surface area contributed by atoms with Crippen molar-refractivity contribution in [2.45, 2.75) is 33.6 Å². The molecule has 0 unspecified atom stereocenters. The third-order valence-electron chi connectivity index (χ3n) is 3.04. The monoisotopic (exact) mass is 264 g/mol. The smallest absolute Gasteiger partial charge is 0.303 e. The average molecular weight is 264 g/mol. The van der Waals surface area contributed by atoms with Gasteiger partial charge >= 0.3 is 5.97 Å². The number of hydrogen-bond acceptors (Lipinski definition) is 3. The Morgan fingerprint density at radius 1 is 1.21 bits per heavy atom. The highest BCUT2D eigenvalue weighted by Gasteiger charge is 2.16. The molecule has 0 aliphatic carbocycles. The van der Waals surface area contributed by atoms with Crippen LogP contribution in [0.15, 0.2) is 12.1 Å². The Labute approximate surface area is 113 Å². The Hall–Kier alpha value is -1.84. The number of carboxylic acids is 1. The van der Waals surface area contributed by atoms with Crippen molar-refractivity contribution in [1.82, 2.24) is 0 Å². The number of methoxy groups -OCH3 is 1. The van der Waals surface area contributed by atoms with Crippen molar-refractivity contribution < 1.29 is 19.4 Å². The zero-order valence-electron chi connectivity index (χ0n) is 11.8. The summed E-state index contributed by atoms with van der Waals surface area (Å²) in [4.78, 5) is 22.7. The van der Waals surface area contributed by atoms with E-state index in [0.29, 0.717) is 5.56 Å². The van der Waals surface area contributed by atoms with Gasteiger partial charge in [0, 0.05) is 18.4 Å². The van der Waals surface area contributed by atoms with Crippen molar-refractivity contribution in [3.05, 3.63) is 28.8 Å². The van der Waals surface area contributed by atoms with Gasteiger partial charge in [0.25, 0.3) is 0 Å². The van der Waals surface area contributed by atoms with Crippen LogP contribution in [0.25, 0.3) is 0 Å². The third-order valence-corrected chi connectivity index (χ3v) is 3.04. The summed E-state index contributed by atoms with van der Waals surface area (Å²) in [6, 6.07) is 3.59. The number of carbonyl (C=O) groups excluding carboxylic acids is 1. The Morgan fingerprint density at radius 3 is 2.16 bits per heavy atom. The lowest BCUT2D eigenvalue weighted by molar-refractivity contribution is -0.137. The molecule has 1 atom stereocenters. The number of Topliss-reactive ketones (excluding diaryl/α,β-unsaturated/α-hetero) is 1. The number of ketones is 1. The minimum absolute atomic E-state index is 0.0137. The van der Waals surface area contributed by atoms with Crippen molar-refractivity contribution in [3.8, 4) is 5.75 Å². The second kappa shape index (κ2) is 6.36. The largest absolute Gasteiger partial charge is 0.496 e. The number of aliphatic carboxylic acids is 1. The molecule has 0 aliphatic heterocycles. The van der Waals surface area contributed by atoms with Gasteiger partial charge in [0.05, 0.1) is 7.11 Å². The Bertz CT molecular complexity index is 468. The van der Waals surface area contributed by atoms with Crippen LogP contribution < -0.4 is 4.74 Å². The number of benzene rings is 1. The number of rotatable bonds is 6. The van der Waals surface area contributed by atoms with E-state index in [1.165, 1.54) is 0 Å². The van der Waals surface area contributed by atoms with E-state index in [0.717, 1.165) is 16.9 Å². The molecule has 0 heterocycles. The quantitative estimate of drug-likeness (QED) is 0.802. The van der Waals surface area contributed by atoms with E-state index < -0.39 is 5.97 Å². The highest BCUT2D eigenvalue weighted by molar-refractivity contribution is 5.97. The predicted octanol–water partition coefficient (Wildman–Crippen LogP) is 3.00. The standard InChI is InChI=1S/C15H20O4/c1-9(6-14(17)18)5-13(16)12-7-10(2)15(19-4)11(3)8-12/h7-9H,5-6H2,1-4H3,(H,17,18)/t9-/m0/s1. The zero-order valence-corrected chi connectivity index (χ0v) is 11.8. The number of carbonyl (C=O) groups is 2. The molecule has 4 nitrogen and oxygen atoms in total. The van der Waals surface area contributed by atoms with E-state index in [1.807, 2.05) is 13.8 Å². The van der Waals surface area contributed by atoms with Crippen molar-refractivity contribution in [1.29, 1.82) is 0 Å². The van der Waals surface area contributed by atoms with Crippen LogP contribution in [0.3, 0.4) is 0 Å². The maximum atomic E-state index is 12.1. The summed E-state index contributed by atoms with van der Waals surface area (Å²) in [5.41, 5.74) is 2.45. The first-order valence-electron chi connectivity index (χ1n) is 6.25. The lowest BCUT2D eigenvalue weighted by Gasteiger charge is -2.12. The van der Waals surface area contributed by atoms with Crippen LogP contribution in [-0.2, 0) is 4.79 Å². The van der Waals surface area contributed by atoms with Crippen LogP contribution in [0.4, 0.5) is 0 Å². The number of hydrogen-bond donors (Lipinski definition) is 1. The van der Waals surface area contributed by atoms with Crippen molar-refractivity contribution in [2.24, 2.45) is 5.92 Å². The molecule has 1 aromatic carbocycles. The molecule has 4 heteroatoms. The van der Waals surface area contributed by atoms with Crippen LogP contribution in [0.2, 0.25) is 0 Å². The van der Waals surface area contributed by atoms with Crippen LogP contribution in [0.1, 0.15) is 41.3 Å². The second-order valence-corrected chi connectivity index (χ2v) is 4.97. The van der Waals surface area contributed by atoms with Crippen LogP contribution in [0, 0.1) is 19.8 Å². The second-order valence-electron chi connectivity index (χ2n) is 4.97. The summed E-state index contributed by atoms with van der Waals surface area (Å²) >= 11 is 0. The fourth-order valence-corrected chi connectivity index (χ4v) is 2.24. The van der Waals surface area contributed by atoms with E-state index in [2.05, 4.69) is 0 Å². The van der Waals surface area contributed by atoms with Gasteiger partial charge in [0.15, 0.2) is 5.78 Å². The Kier molecular flexibility index (Phi) is 5.10. The molecule has 0 saturated heterocycles. The molecule has 1 N–H and O–H groups in total. The molecule has 0 bridgehead atoms. The summed E-state index contributed by atoms with van der Waals surface area (Å²) in [6.07, 6.45) is 0.261. The summed E-state index contributed by atoms with van der Waals surface area (Å²) in [5, 5.41) is 8.70. The highest BCUT2D eigenvalue weighted by Crippen LogP contribution is 2.25. The molecule has 1 rings (SSSR count). The van der Waals surface area contributed by atoms with Gasteiger partial charge < -0.3 is 9.84 Å². The highest BCUT2D eigenvalue weighted by atomic mass is 16.5. The molecule has 0 aromatic heterocycles. The SMILES string of the molecule is COc1c(C)cc(C(=O)C[C@H](C)CC(=O)O)cc1C. The van der Waals surface area contributed by atoms with Gasteiger partial charge in [-0.25, -0.2) is 0 Å². The van der Waals surface area contributed by atoms with Gasteiger partial charge in [0.1, 0.15) is 5.75 Å². The zero-order chi connectivity index (χ0) is 14.6. The van der Waals surface area contributed by atoms with Crippen molar-refractivity contribution in [3.63, 3.8) is 0 Å². The van der Waals surface area contributed by atoms with Crippen LogP contribution in [-0.4, -0.2) is 24.0 Å². The van der Waals surface area contributed by atoms with E-state index in [4.69, 9.17) is 9.84 Å². The van der Waals surface area contributed by atoms with E-state index in [-0.39, 0.29) is 24.5 Å². The molecule has 0 spiro atoms. The van der Waals surface area contributed by atoms with E-state index >= 15 is 0 Å². The molecular weight excluding hydrogens is 244 g/mol. The van der Waals surface area contributed by atoms with Gasteiger partial charge in [-0.2, -0.15) is 0 Å².